The van der Waals surface area contributed by atoms with Gasteiger partial charge in [-0.2, -0.15) is 10.1 Å². The van der Waals surface area contributed by atoms with Gasteiger partial charge in [-0.15, -0.1) is 0 Å². The fourth-order valence-corrected chi connectivity index (χ4v) is 4.94. The van der Waals surface area contributed by atoms with Crippen LogP contribution in [0.1, 0.15) is 12.0 Å². The summed E-state index contributed by atoms with van der Waals surface area (Å²) in [5, 5.41) is 3.90. The highest BCUT2D eigenvalue weighted by molar-refractivity contribution is 5.14. The molecule has 0 saturated carbocycles. The van der Waals surface area contributed by atoms with E-state index in [9.17, 15) is 0 Å². The van der Waals surface area contributed by atoms with Gasteiger partial charge in [0.05, 0.1) is 38.5 Å². The highest BCUT2D eigenvalue weighted by Crippen LogP contribution is 2.38. The zero-order valence-electron chi connectivity index (χ0n) is 15.9. The fraction of sp³-hybridized carbons (Fsp3) is 0.700. The zero-order chi connectivity index (χ0) is 18.4. The van der Waals surface area contributed by atoms with Crippen LogP contribution in [0.25, 0.3) is 0 Å². The molecular weight excluding hydrogens is 348 g/mol. The lowest BCUT2D eigenvalue weighted by molar-refractivity contribution is -0.238. The van der Waals surface area contributed by atoms with Crippen molar-refractivity contribution in [2.75, 3.05) is 33.9 Å². The number of ether oxygens (including phenoxy) is 3. The van der Waals surface area contributed by atoms with E-state index < -0.39 is 0 Å². The van der Waals surface area contributed by atoms with Crippen LogP contribution in [-0.4, -0.2) is 80.5 Å². The first-order valence-electron chi connectivity index (χ1n) is 9.85. The average Bonchev–Trinajstić information content (AvgIpc) is 3.10. The molecule has 1 aromatic rings. The molecule has 0 unspecified atom stereocenters. The van der Waals surface area contributed by atoms with Crippen molar-refractivity contribution < 1.29 is 23.9 Å². The molecule has 0 amide bonds. The van der Waals surface area contributed by atoms with E-state index in [0.717, 1.165) is 12.0 Å². The molecule has 4 heterocycles. The number of hydrogen-bond acceptors (Lipinski definition) is 7. The monoisotopic (exact) mass is 376 g/mol. The molecule has 4 fully saturated rings. The second-order valence-electron chi connectivity index (χ2n) is 8.03. The lowest BCUT2D eigenvalue weighted by atomic mass is 9.91. The third-order valence-corrected chi connectivity index (χ3v) is 6.31. The van der Waals surface area contributed by atoms with Crippen molar-refractivity contribution in [2.45, 2.75) is 49.5 Å². The molecule has 7 nitrogen and oxygen atoms in total. The molecule has 2 bridgehead atoms. The summed E-state index contributed by atoms with van der Waals surface area (Å²) in [7, 11) is 3.99. The number of nitrogens with zero attached hydrogens (tertiary/aromatic N) is 2. The topological polar surface area (TPSA) is 52.6 Å². The summed E-state index contributed by atoms with van der Waals surface area (Å²) in [6.07, 6.45) is 0.697. The molecule has 7 atom stereocenters. The van der Waals surface area contributed by atoms with Gasteiger partial charge in [-0.25, -0.2) is 0 Å². The zero-order valence-corrected chi connectivity index (χ0v) is 15.9. The van der Waals surface area contributed by atoms with Gasteiger partial charge in [0.15, 0.2) is 0 Å². The quantitative estimate of drug-likeness (QED) is 0.787. The second-order valence-corrected chi connectivity index (χ2v) is 8.03. The summed E-state index contributed by atoms with van der Waals surface area (Å²) in [5.41, 5.74) is 1.16. The Labute approximate surface area is 160 Å². The number of hydrogen-bond donors (Lipinski definition) is 0. The molecule has 0 N–H and O–H groups in total. The first kappa shape index (κ1) is 18.0. The van der Waals surface area contributed by atoms with Crippen LogP contribution < -0.4 is 0 Å². The molecule has 4 saturated heterocycles. The summed E-state index contributed by atoms with van der Waals surface area (Å²) in [4.78, 5) is 11.7. The molecular formula is C20H28N2O5. The molecule has 27 heavy (non-hydrogen) atoms. The minimum Gasteiger partial charge on any atom is -0.373 e. The van der Waals surface area contributed by atoms with E-state index in [1.807, 2.05) is 42.4 Å². The van der Waals surface area contributed by atoms with Crippen LogP contribution in [-0.2, 0) is 30.5 Å². The van der Waals surface area contributed by atoms with Crippen LogP contribution in [0.4, 0.5) is 0 Å². The molecule has 4 aliphatic rings. The van der Waals surface area contributed by atoms with Crippen LogP contribution in [0.2, 0.25) is 0 Å². The van der Waals surface area contributed by atoms with E-state index in [2.05, 4.69) is 12.1 Å². The predicted octanol–water partition coefficient (Wildman–Crippen LogP) is 1.24. The van der Waals surface area contributed by atoms with Crippen LogP contribution in [0.5, 0.6) is 0 Å². The van der Waals surface area contributed by atoms with E-state index in [4.69, 9.17) is 23.9 Å². The lowest BCUT2D eigenvalue weighted by Crippen LogP contribution is -2.55. The first-order chi connectivity index (χ1) is 13.2. The number of benzene rings is 1. The summed E-state index contributed by atoms with van der Waals surface area (Å²) in [6.45, 7) is 2.43. The molecule has 4 aliphatic heterocycles. The molecule has 148 valence electrons. The fourth-order valence-electron chi connectivity index (χ4n) is 4.94. The van der Waals surface area contributed by atoms with Crippen LogP contribution in [0.15, 0.2) is 30.3 Å². The Bertz CT molecular complexity index is 647. The maximum absolute atomic E-state index is 6.52. The van der Waals surface area contributed by atoms with Gasteiger partial charge in [0.25, 0.3) is 0 Å². The Morgan fingerprint density at radius 1 is 1.00 bits per heavy atom. The van der Waals surface area contributed by atoms with E-state index in [1.54, 1.807) is 0 Å². The second kappa shape index (κ2) is 7.40. The number of fused-ring (bicyclic) bond motifs is 5. The molecule has 7 heteroatoms. The van der Waals surface area contributed by atoms with Crippen molar-refractivity contribution in [1.82, 2.24) is 10.1 Å². The first-order valence-corrected chi connectivity index (χ1v) is 9.85. The molecule has 0 spiro atoms. The van der Waals surface area contributed by atoms with Crippen LogP contribution >= 0.6 is 0 Å². The van der Waals surface area contributed by atoms with Gasteiger partial charge in [-0.1, -0.05) is 30.3 Å². The van der Waals surface area contributed by atoms with Crippen molar-refractivity contribution in [1.29, 1.82) is 0 Å². The number of hydroxylamine groups is 4. The van der Waals surface area contributed by atoms with E-state index >= 15 is 0 Å². The van der Waals surface area contributed by atoms with Crippen LogP contribution in [0, 0.1) is 5.92 Å². The molecule has 1 aromatic carbocycles. The van der Waals surface area contributed by atoms with Crippen molar-refractivity contribution in [2.24, 2.45) is 5.92 Å². The normalized spacial score (nSPS) is 42.4. The summed E-state index contributed by atoms with van der Waals surface area (Å²) in [5.74, 6) is 0.273. The third kappa shape index (κ3) is 3.31. The van der Waals surface area contributed by atoms with E-state index in [0.29, 0.717) is 26.4 Å². The summed E-state index contributed by atoms with van der Waals surface area (Å²) < 4.78 is 19.3. The average molecular weight is 376 g/mol. The van der Waals surface area contributed by atoms with E-state index in [1.165, 1.54) is 0 Å². The van der Waals surface area contributed by atoms with Gasteiger partial charge in [0, 0.05) is 20.0 Å². The molecule has 0 aliphatic carbocycles. The Kier molecular flexibility index (Phi) is 4.94. The Hall–Kier alpha value is -1.06. The highest BCUT2D eigenvalue weighted by Gasteiger charge is 2.54. The molecule has 0 radical (unpaired) electrons. The van der Waals surface area contributed by atoms with Crippen molar-refractivity contribution >= 4 is 0 Å². The SMILES string of the molecule is CN1OC[C@@H]2CO[C@H]3[C@H](OC[C@H]4C[C@@H]3N(C)O4)[C@@H](OCc3ccccc3)[C@@H]21. The molecule has 5 rings (SSSR count). The highest BCUT2D eigenvalue weighted by atomic mass is 16.7. The Balaban J connectivity index is 1.43. The lowest BCUT2D eigenvalue weighted by Gasteiger charge is -2.38. The van der Waals surface area contributed by atoms with Crippen LogP contribution in [0.3, 0.4) is 0 Å². The van der Waals surface area contributed by atoms with Crippen molar-refractivity contribution in [3.8, 4) is 0 Å². The largest absolute Gasteiger partial charge is 0.373 e. The minimum absolute atomic E-state index is 0.0673. The van der Waals surface area contributed by atoms with Gasteiger partial charge in [-0.05, 0) is 12.0 Å². The molecule has 0 aromatic heterocycles. The van der Waals surface area contributed by atoms with Gasteiger partial charge >= 0.3 is 0 Å². The maximum atomic E-state index is 6.52. The summed E-state index contributed by atoms with van der Waals surface area (Å²) in [6, 6.07) is 10.6. The predicted molar refractivity (Wildman–Crippen MR) is 96.5 cm³/mol. The standard InChI is InChI=1S/C20H28N2O5/c1-21-16-8-15(27-21)12-25-20-18(16)24-10-14-11-26-22(2)17(14)19(20)23-9-13-6-4-3-5-7-13/h3-7,14-20H,8-12H2,1-2H3/t14-,15+,16-,17+,18+,19-,20-/m0/s1. The third-order valence-electron chi connectivity index (χ3n) is 6.31. The van der Waals surface area contributed by atoms with Gasteiger partial charge in [0.1, 0.15) is 24.4 Å². The van der Waals surface area contributed by atoms with Crippen molar-refractivity contribution in [3.05, 3.63) is 35.9 Å². The smallest absolute Gasteiger partial charge is 0.113 e. The van der Waals surface area contributed by atoms with Gasteiger partial charge in [-0.3, -0.25) is 9.68 Å². The van der Waals surface area contributed by atoms with Gasteiger partial charge < -0.3 is 14.2 Å². The van der Waals surface area contributed by atoms with Crippen molar-refractivity contribution in [3.63, 3.8) is 0 Å². The number of rotatable bonds is 3. The van der Waals surface area contributed by atoms with E-state index in [-0.39, 0.29) is 42.4 Å². The summed E-state index contributed by atoms with van der Waals surface area (Å²) >= 11 is 0. The maximum Gasteiger partial charge on any atom is 0.113 e. The number of likely N-dealkylation sites (N-methyl/N-ethyl adjacent to an activating group) is 2. The minimum atomic E-state index is -0.144. The van der Waals surface area contributed by atoms with Gasteiger partial charge in [0.2, 0.25) is 0 Å². The Morgan fingerprint density at radius 2 is 1.81 bits per heavy atom. The Morgan fingerprint density at radius 3 is 2.67 bits per heavy atom.